The first-order chi connectivity index (χ1) is 14.8. The van der Waals surface area contributed by atoms with Gasteiger partial charge in [0.15, 0.2) is 0 Å². The highest BCUT2D eigenvalue weighted by atomic mass is 16.6. The first-order valence-electron chi connectivity index (χ1n) is 11.5. The second-order valence-corrected chi connectivity index (χ2v) is 10.6. The van der Waals surface area contributed by atoms with Crippen LogP contribution in [0.3, 0.4) is 0 Å². The molecule has 1 aromatic carbocycles. The summed E-state index contributed by atoms with van der Waals surface area (Å²) in [6, 6.07) is 7.27. The number of hydrogen-bond donors (Lipinski definition) is 1. The maximum atomic E-state index is 12.6. The average molecular weight is 449 g/mol. The lowest BCUT2D eigenvalue weighted by Crippen LogP contribution is -2.50. The molecule has 0 radical (unpaired) electrons. The molecule has 0 spiro atoms. The van der Waals surface area contributed by atoms with E-state index in [1.54, 1.807) is 12.1 Å². The van der Waals surface area contributed by atoms with Crippen LogP contribution in [0.15, 0.2) is 24.3 Å². The Morgan fingerprint density at radius 3 is 2.28 bits per heavy atom. The Labute approximate surface area is 192 Å². The maximum Gasteiger partial charge on any atom is 0.320 e. The fourth-order valence-electron chi connectivity index (χ4n) is 3.94. The number of likely N-dealkylation sites (tertiary alicyclic amines) is 1. The molecule has 1 N–H and O–H groups in total. The number of carbonyl (C=O) groups excluding carboxylic acids is 2. The van der Waals surface area contributed by atoms with Gasteiger partial charge in [-0.1, -0.05) is 24.6 Å². The van der Waals surface area contributed by atoms with E-state index in [9.17, 15) is 14.7 Å². The number of ether oxygens (including phenoxy) is 2. The molecule has 0 bridgehead atoms. The molecule has 7 heteroatoms. The highest BCUT2D eigenvalue weighted by Crippen LogP contribution is 2.22. The van der Waals surface area contributed by atoms with Crippen molar-refractivity contribution in [3.05, 3.63) is 29.8 Å². The minimum Gasteiger partial charge on any atom is -0.508 e. The number of benzene rings is 1. The minimum atomic E-state index is -0.564. The van der Waals surface area contributed by atoms with Gasteiger partial charge in [0.2, 0.25) is 0 Å². The fraction of sp³-hybridized carbons (Fsp3) is 0.680. The van der Waals surface area contributed by atoms with Gasteiger partial charge in [-0.2, -0.15) is 0 Å². The van der Waals surface area contributed by atoms with Crippen molar-refractivity contribution in [2.45, 2.75) is 84.6 Å². The van der Waals surface area contributed by atoms with Crippen LogP contribution in [0.2, 0.25) is 0 Å². The second-order valence-electron chi connectivity index (χ2n) is 10.6. The Balaban J connectivity index is 2.13. The highest BCUT2D eigenvalue weighted by molar-refractivity contribution is 5.72. The second kappa shape index (κ2) is 11.1. The lowest BCUT2D eigenvalue weighted by Gasteiger charge is -2.38. The van der Waals surface area contributed by atoms with Crippen molar-refractivity contribution in [2.24, 2.45) is 0 Å². The molecule has 1 unspecified atom stereocenters. The number of hydrogen-bond acceptors (Lipinski definition) is 7. The van der Waals surface area contributed by atoms with E-state index in [0.29, 0.717) is 13.1 Å². The van der Waals surface area contributed by atoms with Crippen molar-refractivity contribution in [2.75, 3.05) is 26.2 Å². The number of carbonyl (C=O) groups is 2. The van der Waals surface area contributed by atoms with E-state index in [1.807, 2.05) is 58.6 Å². The molecule has 1 aliphatic heterocycles. The highest BCUT2D eigenvalue weighted by Gasteiger charge is 2.29. The van der Waals surface area contributed by atoms with Crippen LogP contribution in [0, 0.1) is 0 Å². The summed E-state index contributed by atoms with van der Waals surface area (Å²) in [5.74, 6) is -0.331. The van der Waals surface area contributed by atoms with Gasteiger partial charge in [-0.05, 0) is 67.0 Å². The molecule has 180 valence electrons. The molecular weight excluding hydrogens is 408 g/mol. The molecule has 1 fully saturated rings. The number of nitrogens with zero attached hydrogens (tertiary/aromatic N) is 2. The van der Waals surface area contributed by atoms with Crippen LogP contribution in [0.1, 0.15) is 66.4 Å². The summed E-state index contributed by atoms with van der Waals surface area (Å²) >= 11 is 0. The van der Waals surface area contributed by atoms with Crippen LogP contribution >= 0.6 is 0 Å². The van der Waals surface area contributed by atoms with Crippen molar-refractivity contribution in [3.8, 4) is 5.75 Å². The number of phenols is 1. The Morgan fingerprint density at radius 1 is 1.03 bits per heavy atom. The van der Waals surface area contributed by atoms with Crippen molar-refractivity contribution in [1.82, 2.24) is 9.80 Å². The summed E-state index contributed by atoms with van der Waals surface area (Å²) in [6.07, 6.45) is 3.05. The SMILES string of the molecule is CC(C)(C)OC(=O)CN(Cc1ccccc1O)CC1CCCCN1CC(=O)OC(C)(C)C. The molecule has 1 saturated heterocycles. The van der Waals surface area contributed by atoms with E-state index in [2.05, 4.69) is 4.90 Å². The van der Waals surface area contributed by atoms with Gasteiger partial charge in [0.25, 0.3) is 0 Å². The third-order valence-electron chi connectivity index (χ3n) is 5.13. The van der Waals surface area contributed by atoms with Crippen LogP contribution in [0.25, 0.3) is 0 Å². The lowest BCUT2D eigenvalue weighted by atomic mass is 10.0. The molecular formula is C25H40N2O5. The van der Waals surface area contributed by atoms with Gasteiger partial charge in [0.05, 0.1) is 13.1 Å². The van der Waals surface area contributed by atoms with Crippen molar-refractivity contribution in [1.29, 1.82) is 0 Å². The maximum absolute atomic E-state index is 12.6. The average Bonchev–Trinajstić information content (AvgIpc) is 2.62. The van der Waals surface area contributed by atoms with Gasteiger partial charge in [-0.3, -0.25) is 19.4 Å². The van der Waals surface area contributed by atoms with Crippen molar-refractivity contribution in [3.63, 3.8) is 0 Å². The first-order valence-corrected chi connectivity index (χ1v) is 11.5. The summed E-state index contributed by atoms with van der Waals surface area (Å²) in [5, 5.41) is 10.3. The summed E-state index contributed by atoms with van der Waals surface area (Å²) in [6.45, 7) is 13.3. The quantitative estimate of drug-likeness (QED) is 0.607. The van der Waals surface area contributed by atoms with Gasteiger partial charge >= 0.3 is 11.9 Å². The molecule has 0 aromatic heterocycles. The first kappa shape index (κ1) is 26.1. The molecule has 1 aliphatic rings. The zero-order valence-corrected chi connectivity index (χ0v) is 20.5. The molecule has 32 heavy (non-hydrogen) atoms. The summed E-state index contributed by atoms with van der Waals surface area (Å²) in [5.41, 5.74) is -0.327. The zero-order valence-electron chi connectivity index (χ0n) is 20.5. The van der Waals surface area contributed by atoms with E-state index in [0.717, 1.165) is 31.4 Å². The van der Waals surface area contributed by atoms with Gasteiger partial charge in [-0.15, -0.1) is 0 Å². The normalized spacial score (nSPS) is 17.9. The van der Waals surface area contributed by atoms with Crippen molar-refractivity contribution >= 4 is 11.9 Å². The predicted molar refractivity (Wildman–Crippen MR) is 124 cm³/mol. The summed E-state index contributed by atoms with van der Waals surface area (Å²) in [4.78, 5) is 29.2. The standard InChI is InChI=1S/C25H40N2O5/c1-24(2,3)31-22(29)17-26(15-19-11-7-8-13-21(19)28)16-20-12-9-10-14-27(20)18-23(30)32-25(4,5)6/h7-8,11,13,20,28H,9-10,12,14-18H2,1-6H3. The number of rotatable bonds is 8. The lowest BCUT2D eigenvalue weighted by molar-refractivity contribution is -0.159. The van der Waals surface area contributed by atoms with Crippen LogP contribution in [0.4, 0.5) is 0 Å². The smallest absolute Gasteiger partial charge is 0.320 e. The number of esters is 2. The molecule has 2 rings (SSSR count). The molecule has 1 atom stereocenters. The van der Waals surface area contributed by atoms with Crippen LogP contribution in [-0.4, -0.2) is 70.3 Å². The largest absolute Gasteiger partial charge is 0.508 e. The third kappa shape index (κ3) is 9.57. The minimum absolute atomic E-state index is 0.113. The number of phenolic OH excluding ortho intramolecular Hbond substituents is 1. The van der Waals surface area contributed by atoms with E-state index < -0.39 is 11.2 Å². The molecule has 7 nitrogen and oxygen atoms in total. The van der Waals surface area contributed by atoms with Gasteiger partial charge < -0.3 is 14.6 Å². The molecule has 1 aromatic rings. The zero-order chi connectivity index (χ0) is 23.9. The van der Waals surface area contributed by atoms with E-state index in [4.69, 9.17) is 9.47 Å². The van der Waals surface area contributed by atoms with Crippen LogP contribution < -0.4 is 0 Å². The van der Waals surface area contributed by atoms with E-state index in [1.165, 1.54) is 0 Å². The Hall–Kier alpha value is -2.12. The Morgan fingerprint density at radius 2 is 1.66 bits per heavy atom. The van der Waals surface area contributed by atoms with E-state index in [-0.39, 0.29) is 36.8 Å². The molecule has 0 amide bonds. The molecule has 0 saturated carbocycles. The van der Waals surface area contributed by atoms with Crippen molar-refractivity contribution < 1.29 is 24.2 Å². The predicted octanol–water partition coefficient (Wildman–Crippen LogP) is 3.73. The Bertz CT molecular complexity index is 766. The third-order valence-corrected chi connectivity index (χ3v) is 5.13. The monoisotopic (exact) mass is 448 g/mol. The number of para-hydroxylation sites is 1. The Kier molecular flexibility index (Phi) is 9.10. The molecule has 1 heterocycles. The molecule has 0 aliphatic carbocycles. The number of aromatic hydroxyl groups is 1. The van der Waals surface area contributed by atoms with Gasteiger partial charge in [0.1, 0.15) is 17.0 Å². The summed E-state index contributed by atoms with van der Waals surface area (Å²) < 4.78 is 11.1. The fourth-order valence-corrected chi connectivity index (χ4v) is 3.94. The van der Waals surface area contributed by atoms with E-state index >= 15 is 0 Å². The summed E-state index contributed by atoms with van der Waals surface area (Å²) in [7, 11) is 0. The van der Waals surface area contributed by atoms with Gasteiger partial charge in [-0.25, -0.2) is 0 Å². The van der Waals surface area contributed by atoms with Gasteiger partial charge in [0, 0.05) is 24.7 Å². The number of piperidine rings is 1. The van der Waals surface area contributed by atoms with Crippen LogP contribution in [-0.2, 0) is 25.6 Å². The van der Waals surface area contributed by atoms with Crippen LogP contribution in [0.5, 0.6) is 5.75 Å². The topological polar surface area (TPSA) is 79.3 Å².